The highest BCUT2D eigenvalue weighted by Crippen LogP contribution is 2.45. The van der Waals surface area contributed by atoms with Crippen LogP contribution in [0.1, 0.15) is 41.4 Å². The van der Waals surface area contributed by atoms with Crippen molar-refractivity contribution in [3.63, 3.8) is 0 Å². The van der Waals surface area contributed by atoms with E-state index in [0.717, 1.165) is 35.0 Å². The van der Waals surface area contributed by atoms with Crippen molar-refractivity contribution in [2.75, 3.05) is 24.6 Å². The zero-order valence-electron chi connectivity index (χ0n) is 19.0. The molecule has 0 radical (unpaired) electrons. The second-order valence-electron chi connectivity index (χ2n) is 9.28. The highest BCUT2D eigenvalue weighted by molar-refractivity contribution is 6.25. The van der Waals surface area contributed by atoms with Crippen LogP contribution >= 0.6 is 0 Å². The Bertz CT molecular complexity index is 1330. The number of fused-ring (bicyclic) bond motifs is 5. The molecular formula is C26H26N4O4. The van der Waals surface area contributed by atoms with Gasteiger partial charge in [-0.1, -0.05) is 30.3 Å². The van der Waals surface area contributed by atoms with E-state index < -0.39 is 11.6 Å². The molecule has 8 heteroatoms. The van der Waals surface area contributed by atoms with Crippen molar-refractivity contribution in [3.05, 3.63) is 65.4 Å². The number of ether oxygens (including phenoxy) is 1. The first-order valence-electron chi connectivity index (χ1n) is 11.7. The minimum absolute atomic E-state index is 0.000476. The summed E-state index contributed by atoms with van der Waals surface area (Å²) in [6.45, 7) is 3.33. The summed E-state index contributed by atoms with van der Waals surface area (Å²) in [5.41, 5.74) is 2.20. The number of carbonyl (C=O) groups is 3. The number of urea groups is 1. The molecule has 3 aliphatic rings. The van der Waals surface area contributed by atoms with E-state index >= 15 is 0 Å². The monoisotopic (exact) mass is 458 g/mol. The zero-order chi connectivity index (χ0) is 23.4. The summed E-state index contributed by atoms with van der Waals surface area (Å²) >= 11 is 0. The lowest BCUT2D eigenvalue weighted by molar-refractivity contribution is -0.125. The number of hydrogen-bond donors (Lipinski definition) is 2. The average molecular weight is 459 g/mol. The van der Waals surface area contributed by atoms with Gasteiger partial charge in [-0.3, -0.25) is 9.59 Å². The van der Waals surface area contributed by atoms with Crippen LogP contribution < -0.4 is 10.2 Å². The van der Waals surface area contributed by atoms with E-state index in [-0.39, 0.29) is 17.9 Å². The smallest absolute Gasteiger partial charge is 0.332 e. The highest BCUT2D eigenvalue weighted by atomic mass is 16.5. The van der Waals surface area contributed by atoms with Gasteiger partial charge in [-0.2, -0.15) is 0 Å². The number of carbonyl (C=O) groups excluding carboxylic acids is 3. The summed E-state index contributed by atoms with van der Waals surface area (Å²) in [7, 11) is 0. The molecule has 0 aliphatic carbocycles. The maximum Gasteiger partial charge on any atom is 0.332 e. The first-order valence-corrected chi connectivity index (χ1v) is 11.7. The van der Waals surface area contributed by atoms with E-state index in [1.165, 1.54) is 4.90 Å². The third-order valence-electron chi connectivity index (χ3n) is 7.37. The molecule has 2 N–H and O–H groups in total. The molecule has 2 saturated heterocycles. The van der Waals surface area contributed by atoms with E-state index in [0.29, 0.717) is 37.4 Å². The van der Waals surface area contributed by atoms with Gasteiger partial charge in [0.1, 0.15) is 0 Å². The fourth-order valence-electron chi connectivity index (χ4n) is 5.57. The quantitative estimate of drug-likeness (QED) is 0.587. The summed E-state index contributed by atoms with van der Waals surface area (Å²) in [6, 6.07) is 14.3. The summed E-state index contributed by atoms with van der Waals surface area (Å²) < 4.78 is 5.60. The van der Waals surface area contributed by atoms with E-state index in [4.69, 9.17) is 4.74 Å². The molecule has 34 heavy (non-hydrogen) atoms. The van der Waals surface area contributed by atoms with Crippen molar-refractivity contribution < 1.29 is 19.1 Å². The number of amides is 4. The molecule has 0 bridgehead atoms. The molecule has 8 nitrogen and oxygen atoms in total. The van der Waals surface area contributed by atoms with Gasteiger partial charge in [0.05, 0.1) is 23.0 Å². The molecule has 4 heterocycles. The number of H-pyrrole nitrogens is 1. The Balaban J connectivity index is 1.37. The van der Waals surface area contributed by atoms with Crippen molar-refractivity contribution in [2.45, 2.75) is 37.8 Å². The van der Waals surface area contributed by atoms with E-state index in [9.17, 15) is 14.4 Å². The number of aromatic nitrogens is 1. The third kappa shape index (κ3) is 2.91. The second kappa shape index (κ2) is 7.70. The lowest BCUT2D eigenvalue weighted by Crippen LogP contribution is -2.49. The maximum atomic E-state index is 13.9. The predicted molar refractivity (Wildman–Crippen MR) is 127 cm³/mol. The fraction of sp³-hybridized carbons (Fsp3) is 0.346. The molecule has 2 atom stereocenters. The molecule has 2 aromatic carbocycles. The third-order valence-corrected chi connectivity index (χ3v) is 7.37. The predicted octanol–water partition coefficient (Wildman–Crippen LogP) is 3.32. The Morgan fingerprint density at radius 3 is 2.79 bits per heavy atom. The van der Waals surface area contributed by atoms with Gasteiger partial charge < -0.3 is 19.9 Å². The van der Waals surface area contributed by atoms with Gasteiger partial charge in [0, 0.05) is 30.6 Å². The van der Waals surface area contributed by atoms with Crippen LogP contribution in [-0.4, -0.2) is 53.5 Å². The van der Waals surface area contributed by atoms with Crippen LogP contribution in [-0.2, 0) is 21.5 Å². The number of anilines is 1. The second-order valence-corrected chi connectivity index (χ2v) is 9.28. The Morgan fingerprint density at radius 2 is 1.97 bits per heavy atom. The van der Waals surface area contributed by atoms with Gasteiger partial charge in [-0.05, 0) is 49.9 Å². The maximum absolute atomic E-state index is 13.9. The molecule has 3 aliphatic heterocycles. The van der Waals surface area contributed by atoms with Crippen molar-refractivity contribution in [2.24, 2.45) is 0 Å². The first-order chi connectivity index (χ1) is 16.5. The van der Waals surface area contributed by atoms with Crippen LogP contribution in [0, 0.1) is 0 Å². The fourth-order valence-corrected chi connectivity index (χ4v) is 5.57. The first kappa shape index (κ1) is 20.9. The van der Waals surface area contributed by atoms with E-state index in [1.807, 2.05) is 24.3 Å². The van der Waals surface area contributed by atoms with Crippen molar-refractivity contribution in [1.29, 1.82) is 0 Å². The number of imide groups is 1. The molecule has 4 amide bonds. The Kier molecular flexibility index (Phi) is 4.74. The summed E-state index contributed by atoms with van der Waals surface area (Å²) in [5, 5.41) is 3.98. The van der Waals surface area contributed by atoms with Gasteiger partial charge >= 0.3 is 6.03 Å². The number of aromatic amines is 1. The molecule has 1 aromatic heterocycles. The number of nitrogens with one attached hydrogen (secondary N) is 2. The SMILES string of the molecule is C[C@]12C(=O)N(c3ccccc3C(=O)NCC3CCCO3)C(=O)N1CCc1c2[nH]c2ccccc12. The standard InChI is InChI=1S/C26H26N4O4/c1-26-22-18(17-8-2-4-10-20(17)28-22)12-13-29(26)25(33)30(24(26)32)21-11-5-3-9-19(21)23(31)27-15-16-7-6-14-34-16/h2-5,8-11,16,28H,6-7,12-15H2,1H3,(H,27,31)/t16?,26-/m0/s1. The molecule has 3 aromatic rings. The van der Waals surface area contributed by atoms with Crippen LogP contribution in [0.3, 0.4) is 0 Å². The molecule has 174 valence electrons. The average Bonchev–Trinajstić information content (AvgIpc) is 3.55. The summed E-state index contributed by atoms with van der Waals surface area (Å²) in [5.74, 6) is -0.683. The summed E-state index contributed by atoms with van der Waals surface area (Å²) in [6.07, 6.45) is 2.55. The molecule has 6 rings (SSSR count). The largest absolute Gasteiger partial charge is 0.376 e. The molecule has 2 fully saturated rings. The number of hydrogen-bond acceptors (Lipinski definition) is 4. The normalized spacial score (nSPS) is 24.0. The van der Waals surface area contributed by atoms with E-state index in [2.05, 4.69) is 10.3 Å². The lowest BCUT2D eigenvalue weighted by Gasteiger charge is -2.35. The van der Waals surface area contributed by atoms with Gasteiger partial charge in [0.2, 0.25) is 0 Å². The Hall–Kier alpha value is -3.65. The molecular weight excluding hydrogens is 432 g/mol. The number of rotatable bonds is 4. The Labute approximate surface area is 196 Å². The number of nitrogens with zero attached hydrogens (tertiary/aromatic N) is 2. The van der Waals surface area contributed by atoms with Crippen LogP contribution in [0.4, 0.5) is 10.5 Å². The lowest BCUT2D eigenvalue weighted by atomic mass is 9.87. The minimum atomic E-state index is -1.16. The van der Waals surface area contributed by atoms with Crippen LogP contribution in [0.25, 0.3) is 10.9 Å². The molecule has 1 unspecified atom stereocenters. The van der Waals surface area contributed by atoms with Gasteiger partial charge in [0.25, 0.3) is 11.8 Å². The molecule has 0 saturated carbocycles. The minimum Gasteiger partial charge on any atom is -0.376 e. The zero-order valence-corrected chi connectivity index (χ0v) is 19.0. The Morgan fingerprint density at radius 1 is 1.18 bits per heavy atom. The van der Waals surface area contributed by atoms with Crippen LogP contribution in [0.2, 0.25) is 0 Å². The number of benzene rings is 2. The van der Waals surface area contributed by atoms with Crippen LogP contribution in [0.5, 0.6) is 0 Å². The van der Waals surface area contributed by atoms with Gasteiger partial charge in [-0.15, -0.1) is 0 Å². The molecule has 0 spiro atoms. The van der Waals surface area contributed by atoms with Crippen molar-refractivity contribution >= 4 is 34.4 Å². The van der Waals surface area contributed by atoms with Gasteiger partial charge in [-0.25, -0.2) is 9.69 Å². The van der Waals surface area contributed by atoms with E-state index in [1.54, 1.807) is 36.1 Å². The van der Waals surface area contributed by atoms with Crippen molar-refractivity contribution in [3.8, 4) is 0 Å². The number of para-hydroxylation sites is 2. The topological polar surface area (TPSA) is 94.7 Å². The van der Waals surface area contributed by atoms with Crippen molar-refractivity contribution in [1.82, 2.24) is 15.2 Å². The van der Waals surface area contributed by atoms with Crippen LogP contribution in [0.15, 0.2) is 48.5 Å². The summed E-state index contributed by atoms with van der Waals surface area (Å²) in [4.78, 5) is 46.8. The van der Waals surface area contributed by atoms with Gasteiger partial charge in [0.15, 0.2) is 5.54 Å². The highest BCUT2D eigenvalue weighted by Gasteiger charge is 2.59.